The third-order valence-corrected chi connectivity index (χ3v) is 4.15. The molecule has 2 heterocycles. The van der Waals surface area contributed by atoms with Gasteiger partial charge in [-0.15, -0.1) is 0 Å². The zero-order valence-electron chi connectivity index (χ0n) is 14.5. The van der Waals surface area contributed by atoms with Gasteiger partial charge in [0.05, 0.1) is 18.1 Å². The Morgan fingerprint density at radius 2 is 1.81 bits per heavy atom. The summed E-state index contributed by atoms with van der Waals surface area (Å²) >= 11 is 0. The van der Waals surface area contributed by atoms with Gasteiger partial charge in [0.25, 0.3) is 0 Å². The van der Waals surface area contributed by atoms with Crippen LogP contribution in [-0.4, -0.2) is 32.9 Å². The lowest BCUT2D eigenvalue weighted by molar-refractivity contribution is 0.334. The van der Waals surface area contributed by atoms with Gasteiger partial charge in [0, 0.05) is 12.6 Å². The smallest absolute Gasteiger partial charge is 0.163 e. The average Bonchev–Trinajstić information content (AvgIpc) is 3.08. The van der Waals surface area contributed by atoms with E-state index >= 15 is 0 Å². The van der Waals surface area contributed by atoms with Crippen LogP contribution >= 0.6 is 0 Å². The summed E-state index contributed by atoms with van der Waals surface area (Å²) in [6, 6.07) is 18.3. The molecule has 4 rings (SSSR count). The van der Waals surface area contributed by atoms with Crippen molar-refractivity contribution in [3.8, 4) is 16.9 Å². The molecule has 4 aromatic rings. The van der Waals surface area contributed by atoms with E-state index in [0.717, 1.165) is 33.7 Å². The van der Waals surface area contributed by atoms with E-state index in [0.29, 0.717) is 13.2 Å². The first-order valence-corrected chi connectivity index (χ1v) is 8.47. The van der Waals surface area contributed by atoms with Crippen molar-refractivity contribution < 1.29 is 4.74 Å². The highest BCUT2D eigenvalue weighted by Gasteiger charge is 2.08. The normalized spacial score (nSPS) is 10.8. The Bertz CT molecular complexity index is 1010. The number of hydrogen-bond donors (Lipinski definition) is 1. The maximum absolute atomic E-state index is 6.00. The molecule has 0 bridgehead atoms. The van der Waals surface area contributed by atoms with E-state index in [4.69, 9.17) is 4.74 Å². The fraction of sp³-hybridized carbons (Fsp3) is 0.150. The van der Waals surface area contributed by atoms with Gasteiger partial charge in [-0.3, -0.25) is 4.68 Å². The number of anilines is 1. The molecule has 0 saturated heterocycles. The zero-order chi connectivity index (χ0) is 17.8. The Morgan fingerprint density at radius 3 is 2.69 bits per heavy atom. The second-order valence-electron chi connectivity index (χ2n) is 5.87. The summed E-state index contributed by atoms with van der Waals surface area (Å²) < 4.78 is 7.73. The van der Waals surface area contributed by atoms with Crippen molar-refractivity contribution in [1.82, 2.24) is 19.7 Å². The molecule has 0 spiro atoms. The van der Waals surface area contributed by atoms with Gasteiger partial charge in [0.1, 0.15) is 24.5 Å². The highest BCUT2D eigenvalue weighted by atomic mass is 16.5. The van der Waals surface area contributed by atoms with Crippen molar-refractivity contribution in [2.75, 3.05) is 18.5 Å². The van der Waals surface area contributed by atoms with E-state index in [2.05, 4.69) is 38.6 Å². The molecular formula is C20H19N5O. The van der Waals surface area contributed by atoms with Crippen molar-refractivity contribution >= 4 is 16.9 Å². The summed E-state index contributed by atoms with van der Waals surface area (Å²) in [6.07, 6.45) is 3.31. The Balaban J connectivity index is 1.43. The van der Waals surface area contributed by atoms with Gasteiger partial charge in [-0.1, -0.05) is 48.5 Å². The number of nitrogens with one attached hydrogen (secondary N) is 1. The predicted molar refractivity (Wildman–Crippen MR) is 102 cm³/mol. The third-order valence-electron chi connectivity index (χ3n) is 4.15. The topological polar surface area (TPSA) is 64.9 Å². The summed E-state index contributed by atoms with van der Waals surface area (Å²) in [5, 5.41) is 8.42. The molecular weight excluding hydrogens is 326 g/mol. The lowest BCUT2D eigenvalue weighted by atomic mass is 10.1. The van der Waals surface area contributed by atoms with Gasteiger partial charge in [0.2, 0.25) is 0 Å². The number of nitrogens with zero attached hydrogens (tertiary/aromatic N) is 4. The number of ether oxygens (including phenoxy) is 1. The van der Waals surface area contributed by atoms with Gasteiger partial charge in [-0.05, 0) is 11.6 Å². The zero-order valence-corrected chi connectivity index (χ0v) is 14.5. The van der Waals surface area contributed by atoms with E-state index in [1.807, 2.05) is 43.4 Å². The number of para-hydroxylation sites is 1. The van der Waals surface area contributed by atoms with Gasteiger partial charge >= 0.3 is 0 Å². The van der Waals surface area contributed by atoms with Crippen LogP contribution in [0, 0.1) is 0 Å². The van der Waals surface area contributed by atoms with Crippen LogP contribution in [0.4, 0.5) is 5.82 Å². The van der Waals surface area contributed by atoms with E-state index < -0.39 is 0 Å². The summed E-state index contributed by atoms with van der Waals surface area (Å²) in [7, 11) is 1.86. The molecule has 0 aliphatic rings. The molecule has 0 unspecified atom stereocenters. The minimum absolute atomic E-state index is 0.523. The van der Waals surface area contributed by atoms with Gasteiger partial charge < -0.3 is 10.1 Å². The Morgan fingerprint density at radius 1 is 1.00 bits per heavy atom. The number of hydrogen-bond acceptors (Lipinski definition) is 5. The van der Waals surface area contributed by atoms with Gasteiger partial charge in [0.15, 0.2) is 5.65 Å². The summed E-state index contributed by atoms with van der Waals surface area (Å²) in [5.74, 6) is 1.64. The fourth-order valence-corrected chi connectivity index (χ4v) is 2.88. The van der Waals surface area contributed by atoms with E-state index in [-0.39, 0.29) is 0 Å². The molecule has 130 valence electrons. The SMILES string of the molecule is Cn1ncc2c(NCCOc3ccccc3-c3ccccc3)ncnc21. The Hall–Kier alpha value is -3.41. The third kappa shape index (κ3) is 3.21. The molecule has 0 fully saturated rings. The number of aryl methyl sites for hydroxylation is 1. The van der Waals surface area contributed by atoms with Gasteiger partial charge in [-0.2, -0.15) is 5.10 Å². The molecule has 6 heteroatoms. The van der Waals surface area contributed by atoms with E-state index in [9.17, 15) is 0 Å². The molecule has 1 N–H and O–H groups in total. The van der Waals surface area contributed by atoms with Gasteiger partial charge in [-0.25, -0.2) is 9.97 Å². The van der Waals surface area contributed by atoms with Crippen molar-refractivity contribution in [1.29, 1.82) is 0 Å². The molecule has 0 saturated carbocycles. The molecule has 0 radical (unpaired) electrons. The monoisotopic (exact) mass is 345 g/mol. The molecule has 0 aliphatic carbocycles. The van der Waals surface area contributed by atoms with Crippen LogP contribution in [0.1, 0.15) is 0 Å². The number of fused-ring (bicyclic) bond motifs is 1. The molecule has 2 aromatic carbocycles. The van der Waals surface area contributed by atoms with Crippen molar-refractivity contribution in [2.45, 2.75) is 0 Å². The first-order valence-electron chi connectivity index (χ1n) is 8.47. The summed E-state index contributed by atoms with van der Waals surface area (Å²) in [4.78, 5) is 8.54. The fourth-order valence-electron chi connectivity index (χ4n) is 2.88. The van der Waals surface area contributed by atoms with E-state index in [1.165, 1.54) is 6.33 Å². The van der Waals surface area contributed by atoms with Crippen LogP contribution in [0.5, 0.6) is 5.75 Å². The van der Waals surface area contributed by atoms with Crippen LogP contribution in [-0.2, 0) is 7.05 Å². The highest BCUT2D eigenvalue weighted by molar-refractivity contribution is 5.85. The highest BCUT2D eigenvalue weighted by Crippen LogP contribution is 2.29. The maximum atomic E-state index is 6.00. The first kappa shape index (κ1) is 16.1. The molecule has 0 aliphatic heterocycles. The standard InChI is InChI=1S/C20H19N5O/c1-25-20-17(13-24-25)19(22-14-23-20)21-11-12-26-18-10-6-5-9-16(18)15-7-3-2-4-8-15/h2-10,13-14H,11-12H2,1H3,(H,21,22,23). The molecule has 0 amide bonds. The molecule has 2 aromatic heterocycles. The van der Waals surface area contributed by atoms with Crippen LogP contribution in [0.3, 0.4) is 0 Å². The quantitative estimate of drug-likeness (QED) is 0.542. The lowest BCUT2D eigenvalue weighted by Gasteiger charge is -2.12. The molecule has 26 heavy (non-hydrogen) atoms. The maximum Gasteiger partial charge on any atom is 0.163 e. The first-order chi connectivity index (χ1) is 12.8. The minimum Gasteiger partial charge on any atom is -0.491 e. The second-order valence-corrected chi connectivity index (χ2v) is 5.87. The van der Waals surface area contributed by atoms with Crippen LogP contribution < -0.4 is 10.1 Å². The van der Waals surface area contributed by atoms with E-state index in [1.54, 1.807) is 10.9 Å². The van der Waals surface area contributed by atoms with Crippen LogP contribution in [0.15, 0.2) is 67.1 Å². The minimum atomic E-state index is 0.523. The van der Waals surface area contributed by atoms with Crippen LogP contribution in [0.2, 0.25) is 0 Å². The van der Waals surface area contributed by atoms with Crippen molar-refractivity contribution in [3.63, 3.8) is 0 Å². The number of rotatable bonds is 6. The van der Waals surface area contributed by atoms with Crippen molar-refractivity contribution in [2.24, 2.45) is 7.05 Å². The second kappa shape index (κ2) is 7.23. The molecule has 0 atom stereocenters. The van der Waals surface area contributed by atoms with Crippen molar-refractivity contribution in [3.05, 3.63) is 67.1 Å². The Labute approximate surface area is 151 Å². The number of aromatic nitrogens is 4. The predicted octanol–water partition coefficient (Wildman–Crippen LogP) is 3.52. The average molecular weight is 345 g/mol. The molecule has 6 nitrogen and oxygen atoms in total. The Kier molecular flexibility index (Phi) is 4.47. The lowest BCUT2D eigenvalue weighted by Crippen LogP contribution is -2.13. The number of benzene rings is 2. The summed E-state index contributed by atoms with van der Waals surface area (Å²) in [6.45, 7) is 1.15. The van der Waals surface area contributed by atoms with Crippen LogP contribution in [0.25, 0.3) is 22.2 Å². The largest absolute Gasteiger partial charge is 0.491 e. The summed E-state index contributed by atoms with van der Waals surface area (Å²) in [5.41, 5.74) is 3.03.